The molecule has 0 amide bonds. The molecule has 0 bridgehead atoms. The van der Waals surface area contributed by atoms with E-state index in [9.17, 15) is 0 Å². The number of fused-ring (bicyclic) bond motifs is 3. The average molecular weight is 503 g/mol. The zero-order chi connectivity index (χ0) is 25.5. The lowest BCUT2D eigenvalue weighted by Crippen LogP contribution is -2.58. The van der Waals surface area contributed by atoms with Crippen molar-refractivity contribution in [3.8, 4) is 17.1 Å². The van der Waals surface area contributed by atoms with Crippen molar-refractivity contribution in [1.82, 2.24) is 9.78 Å². The molecule has 1 aromatic heterocycles. The van der Waals surface area contributed by atoms with Gasteiger partial charge in [-0.25, -0.2) is 4.57 Å². The van der Waals surface area contributed by atoms with Crippen molar-refractivity contribution in [2.45, 2.75) is 37.7 Å². The van der Waals surface area contributed by atoms with E-state index >= 15 is 0 Å². The van der Waals surface area contributed by atoms with Gasteiger partial charge in [0.05, 0.1) is 10.7 Å². The molecular weight excluding hydrogens is 470 g/mol. The van der Waals surface area contributed by atoms with E-state index in [1.807, 2.05) is 10.7 Å². The second kappa shape index (κ2) is 9.25. The van der Waals surface area contributed by atoms with E-state index in [2.05, 4.69) is 140 Å². The second-order valence-electron chi connectivity index (χ2n) is 10.7. The Bertz CT molecular complexity index is 1470. The van der Waals surface area contributed by atoms with Crippen LogP contribution < -0.4 is 4.57 Å². The van der Waals surface area contributed by atoms with E-state index in [1.54, 1.807) is 0 Å². The summed E-state index contributed by atoms with van der Waals surface area (Å²) in [4.78, 5) is 0. The zero-order valence-electron chi connectivity index (χ0n) is 21.6. The molecular formula is C32H32N3OSi+. The number of nitrogens with zero attached hydrogens (tertiary/aromatic N) is 3. The van der Waals surface area contributed by atoms with Crippen molar-refractivity contribution >= 4 is 8.32 Å². The number of rotatable bonds is 6. The molecule has 0 saturated carbocycles. The van der Waals surface area contributed by atoms with Crippen LogP contribution in [0.1, 0.15) is 22.7 Å². The van der Waals surface area contributed by atoms with E-state index in [4.69, 9.17) is 9.52 Å². The van der Waals surface area contributed by atoms with Gasteiger partial charge < -0.3 is 4.43 Å². The Labute approximate surface area is 219 Å². The molecule has 0 aliphatic carbocycles. The van der Waals surface area contributed by atoms with Crippen LogP contribution in [0.2, 0.25) is 19.6 Å². The summed E-state index contributed by atoms with van der Waals surface area (Å²) >= 11 is 0. The van der Waals surface area contributed by atoms with E-state index in [0.29, 0.717) is 0 Å². The second-order valence-corrected chi connectivity index (χ2v) is 15.1. The minimum atomic E-state index is -2.05. The number of benzene rings is 4. The van der Waals surface area contributed by atoms with Crippen LogP contribution in [0.5, 0.6) is 0 Å². The molecule has 1 atom stereocenters. The smallest absolute Gasteiger partial charge is 0.309 e. The molecule has 1 aliphatic heterocycles. The normalized spacial score (nSPS) is 15.2. The van der Waals surface area contributed by atoms with Crippen LogP contribution in [0.15, 0.2) is 122 Å². The maximum atomic E-state index is 7.40. The van der Waals surface area contributed by atoms with Crippen molar-refractivity contribution in [1.29, 1.82) is 0 Å². The largest absolute Gasteiger partial charge is 0.401 e. The summed E-state index contributed by atoms with van der Waals surface area (Å²) in [5.74, 6) is 0.964. The Balaban J connectivity index is 1.66. The van der Waals surface area contributed by atoms with E-state index < -0.39 is 13.9 Å². The number of hydrogen-bond acceptors (Lipinski definition) is 2. The number of aromatic nitrogens is 3. The van der Waals surface area contributed by atoms with Gasteiger partial charge in [0.2, 0.25) is 6.33 Å². The predicted octanol–water partition coefficient (Wildman–Crippen LogP) is 6.72. The first-order valence-electron chi connectivity index (χ1n) is 12.9. The molecule has 0 radical (unpaired) electrons. The average Bonchev–Trinajstić information content (AvgIpc) is 3.38. The van der Waals surface area contributed by atoms with Gasteiger partial charge in [0.15, 0.2) is 8.32 Å². The number of hydrogen-bond donors (Lipinski definition) is 0. The van der Waals surface area contributed by atoms with Gasteiger partial charge in [0, 0.05) is 6.42 Å². The lowest BCUT2D eigenvalue weighted by molar-refractivity contribution is -0.729. The molecule has 4 nitrogen and oxygen atoms in total. The fraction of sp³-hybridized carbons (Fsp3) is 0.188. The summed E-state index contributed by atoms with van der Waals surface area (Å²) in [5, 5.41) is 5.15. The first kappa shape index (κ1) is 23.6. The van der Waals surface area contributed by atoms with Crippen LogP contribution in [0, 0.1) is 0 Å². The molecule has 2 heterocycles. The Morgan fingerprint density at radius 1 is 0.757 bits per heavy atom. The van der Waals surface area contributed by atoms with Crippen molar-refractivity contribution in [2.75, 3.05) is 0 Å². The van der Waals surface area contributed by atoms with E-state index in [-0.39, 0.29) is 6.04 Å². The molecule has 0 saturated heterocycles. The quantitative estimate of drug-likeness (QED) is 0.191. The Morgan fingerprint density at radius 3 is 1.89 bits per heavy atom. The highest BCUT2D eigenvalue weighted by molar-refractivity contribution is 6.69. The summed E-state index contributed by atoms with van der Waals surface area (Å²) in [6, 6.07) is 40.5. The first-order valence-corrected chi connectivity index (χ1v) is 16.3. The highest BCUT2D eigenvalue weighted by atomic mass is 28.4. The molecule has 37 heavy (non-hydrogen) atoms. The Kier molecular flexibility index (Phi) is 5.90. The molecule has 5 aromatic rings. The van der Waals surface area contributed by atoms with Crippen LogP contribution in [-0.2, 0) is 16.4 Å². The van der Waals surface area contributed by atoms with Gasteiger partial charge in [-0.2, -0.15) is 0 Å². The first-order chi connectivity index (χ1) is 18.0. The minimum Gasteiger partial charge on any atom is -0.401 e. The summed E-state index contributed by atoms with van der Waals surface area (Å²) in [7, 11) is -2.05. The molecule has 5 heteroatoms. The maximum Gasteiger partial charge on any atom is 0.309 e. The van der Waals surface area contributed by atoms with Crippen LogP contribution >= 0.6 is 0 Å². The lowest BCUT2D eigenvalue weighted by Gasteiger charge is -2.45. The fourth-order valence-corrected chi connectivity index (χ4v) is 6.97. The lowest BCUT2D eigenvalue weighted by atomic mass is 9.76. The fourth-order valence-electron chi connectivity index (χ4n) is 5.63. The standard InChI is InChI=1S/C32H32N3OSi/c1-37(2,3)36-32(26-16-7-4-8-17-26,27-18-9-5-10-19-27)30-23-25-15-13-14-22-29(25)31-33-35(24-34(30)31)28-20-11-6-12-21-28/h4-22,24,30H,23H2,1-3H3/q+1. The van der Waals surface area contributed by atoms with Gasteiger partial charge in [-0.1, -0.05) is 102 Å². The van der Waals surface area contributed by atoms with Crippen LogP contribution in [0.3, 0.4) is 0 Å². The van der Waals surface area contributed by atoms with Gasteiger partial charge in [-0.3, -0.25) is 0 Å². The number of para-hydroxylation sites is 1. The third-order valence-electron chi connectivity index (χ3n) is 7.05. The summed E-state index contributed by atoms with van der Waals surface area (Å²) in [6.07, 6.45) is 2.99. The van der Waals surface area contributed by atoms with Crippen molar-refractivity contribution in [3.63, 3.8) is 0 Å². The third kappa shape index (κ3) is 4.24. The summed E-state index contributed by atoms with van der Waals surface area (Å²) in [5.41, 5.74) is 5.15. The zero-order valence-corrected chi connectivity index (χ0v) is 22.6. The van der Waals surface area contributed by atoms with Gasteiger partial charge in [0.25, 0.3) is 0 Å². The molecule has 184 valence electrons. The third-order valence-corrected chi connectivity index (χ3v) is 7.98. The van der Waals surface area contributed by atoms with Crippen molar-refractivity contribution in [3.05, 3.63) is 138 Å². The van der Waals surface area contributed by atoms with Gasteiger partial charge in [0.1, 0.15) is 17.3 Å². The monoisotopic (exact) mass is 502 g/mol. The molecule has 1 aliphatic rings. The Hall–Kier alpha value is -3.80. The van der Waals surface area contributed by atoms with Gasteiger partial charge in [-0.15, -0.1) is 0 Å². The Morgan fingerprint density at radius 2 is 1.30 bits per heavy atom. The molecule has 1 unspecified atom stereocenters. The van der Waals surface area contributed by atoms with Gasteiger partial charge >= 0.3 is 5.82 Å². The SMILES string of the molecule is C[Si](C)(C)OC(c1ccccc1)(c1ccccc1)C1Cc2ccccc2-c2nn(-c3ccccc3)c[n+]21. The molecule has 4 aromatic carbocycles. The van der Waals surface area contributed by atoms with E-state index in [1.165, 1.54) is 22.3 Å². The molecule has 0 spiro atoms. The van der Waals surface area contributed by atoms with Crippen molar-refractivity contribution in [2.24, 2.45) is 0 Å². The topological polar surface area (TPSA) is 30.9 Å². The summed E-state index contributed by atoms with van der Waals surface area (Å²) in [6.45, 7) is 6.84. The van der Waals surface area contributed by atoms with Crippen LogP contribution in [0.25, 0.3) is 17.1 Å². The molecule has 6 rings (SSSR count). The highest BCUT2D eigenvalue weighted by Gasteiger charge is 2.52. The maximum absolute atomic E-state index is 7.40. The molecule has 0 fully saturated rings. The minimum absolute atomic E-state index is 0.0358. The molecule has 0 N–H and O–H groups in total. The van der Waals surface area contributed by atoms with Crippen molar-refractivity contribution < 1.29 is 8.99 Å². The predicted molar refractivity (Wildman–Crippen MR) is 150 cm³/mol. The van der Waals surface area contributed by atoms with Gasteiger partial charge in [-0.05, 0) is 54.5 Å². The van der Waals surface area contributed by atoms with Crippen LogP contribution in [-0.4, -0.2) is 18.1 Å². The summed E-state index contributed by atoms with van der Waals surface area (Å²) < 4.78 is 11.8. The van der Waals surface area contributed by atoms with E-state index in [0.717, 1.165) is 17.9 Å². The highest BCUT2D eigenvalue weighted by Crippen LogP contribution is 2.47. The van der Waals surface area contributed by atoms with Crippen LogP contribution in [0.4, 0.5) is 0 Å².